The van der Waals surface area contributed by atoms with Gasteiger partial charge in [0.05, 0.1) is 32.0 Å². The molecule has 454 valence electrons. The second-order valence-electron chi connectivity index (χ2n) is 22.2. The zero-order chi connectivity index (χ0) is 56.7. The van der Waals surface area contributed by atoms with Crippen LogP contribution in [0.1, 0.15) is 245 Å². The Morgan fingerprint density at radius 3 is 1.37 bits per heavy atom. The molecule has 0 aromatic carbocycles. The minimum atomic E-state index is -1.80. The number of unbranched alkanes of at least 4 members (excludes halogenated alkanes) is 29. The highest BCUT2D eigenvalue weighted by molar-refractivity contribution is 5.76. The maximum atomic E-state index is 13.2. The van der Waals surface area contributed by atoms with Crippen molar-refractivity contribution in [3.8, 4) is 0 Å². The largest absolute Gasteiger partial charge is 0.394 e. The van der Waals surface area contributed by atoms with Gasteiger partial charge in [-0.15, -0.1) is 0 Å². The first-order chi connectivity index (χ1) is 38.1. The normalized spacial score (nSPS) is 24.9. The summed E-state index contributed by atoms with van der Waals surface area (Å²) >= 11 is 0. The molecular formula is C64H115NO13. The summed E-state index contributed by atoms with van der Waals surface area (Å²) in [5.41, 5.74) is 0. The third kappa shape index (κ3) is 34.2. The van der Waals surface area contributed by atoms with Gasteiger partial charge >= 0.3 is 0 Å². The van der Waals surface area contributed by atoms with Crippen LogP contribution in [0.4, 0.5) is 0 Å². The lowest BCUT2D eigenvalue weighted by atomic mass is 9.97. The van der Waals surface area contributed by atoms with Crippen LogP contribution in [0.5, 0.6) is 0 Å². The molecule has 0 saturated carbocycles. The molecule has 12 atom stereocenters. The number of aliphatic hydroxyl groups excluding tert-OH is 8. The Balaban J connectivity index is 1.72. The van der Waals surface area contributed by atoms with E-state index in [0.29, 0.717) is 12.8 Å². The van der Waals surface area contributed by atoms with E-state index in [9.17, 15) is 45.6 Å². The van der Waals surface area contributed by atoms with E-state index >= 15 is 0 Å². The Labute approximate surface area is 473 Å². The van der Waals surface area contributed by atoms with Gasteiger partial charge in [-0.3, -0.25) is 4.79 Å². The van der Waals surface area contributed by atoms with Crippen LogP contribution in [0.2, 0.25) is 0 Å². The SMILES string of the molecule is CCCC/C=C\C/C=C\CCCCCCCC(=O)NC(COC1OC(CO)C(OC2OC(CO)C(O)C(O)C2O)C(O)C1O)C(O)/C=C/CC/C=C/CC/C=C/CCCCCCCCCCCCCCCCCCCCCC. The minimum absolute atomic E-state index is 0.252. The van der Waals surface area contributed by atoms with E-state index in [1.165, 1.54) is 141 Å². The standard InChI is InChI=1S/C64H115NO13/c1-3-5-7-9-11-13-15-17-19-20-21-22-23-24-25-26-27-28-29-30-31-32-33-34-35-37-39-41-43-45-47-53(68)52(65-56(69)48-46-44-42-40-38-36-18-16-14-12-10-8-6-4-2)51-75-63-61(74)59(72)62(55(50-67)77-63)78-64-60(73)58(71)57(70)54(49-66)76-64/h10,12,16,18,32-33,37,39,45,47,52-55,57-64,66-68,70-74H,3-9,11,13-15,17,19-31,34-36,38,40-44,46,48-51H2,1-2H3,(H,65,69)/b12-10-,18-16-,33-32+,39-37+,47-45+. The molecule has 12 unspecified atom stereocenters. The monoisotopic (exact) mass is 1110 g/mol. The molecule has 0 aliphatic carbocycles. The number of amides is 1. The smallest absolute Gasteiger partial charge is 0.220 e. The molecule has 2 rings (SSSR count). The van der Waals surface area contributed by atoms with E-state index in [-0.39, 0.29) is 18.9 Å². The highest BCUT2D eigenvalue weighted by atomic mass is 16.7. The van der Waals surface area contributed by atoms with Crippen molar-refractivity contribution in [2.75, 3.05) is 19.8 Å². The van der Waals surface area contributed by atoms with Crippen LogP contribution >= 0.6 is 0 Å². The van der Waals surface area contributed by atoms with E-state index in [1.54, 1.807) is 6.08 Å². The summed E-state index contributed by atoms with van der Waals surface area (Å²) in [6.07, 6.45) is 47.2. The first-order valence-corrected chi connectivity index (χ1v) is 31.5. The van der Waals surface area contributed by atoms with E-state index in [2.05, 4.69) is 67.8 Å². The number of ether oxygens (including phenoxy) is 4. The Kier molecular flexibility index (Phi) is 45.4. The van der Waals surface area contributed by atoms with E-state index in [0.717, 1.165) is 70.6 Å². The van der Waals surface area contributed by atoms with Gasteiger partial charge in [0.15, 0.2) is 12.6 Å². The predicted octanol–water partition coefficient (Wildman–Crippen LogP) is 11.3. The lowest BCUT2D eigenvalue weighted by Gasteiger charge is -2.46. The Hall–Kier alpha value is -2.31. The van der Waals surface area contributed by atoms with Crippen LogP contribution in [0.25, 0.3) is 0 Å². The quantitative estimate of drug-likeness (QED) is 0.0204. The Morgan fingerprint density at radius 2 is 0.872 bits per heavy atom. The topological polar surface area (TPSA) is 228 Å². The Morgan fingerprint density at radius 1 is 0.462 bits per heavy atom. The van der Waals surface area contributed by atoms with Gasteiger partial charge in [0.1, 0.15) is 48.8 Å². The number of nitrogens with one attached hydrogen (secondary N) is 1. The zero-order valence-corrected chi connectivity index (χ0v) is 48.9. The van der Waals surface area contributed by atoms with Crippen LogP contribution in [0.15, 0.2) is 60.8 Å². The second kappa shape index (κ2) is 49.3. The molecule has 2 heterocycles. The van der Waals surface area contributed by atoms with Gasteiger partial charge in [0.25, 0.3) is 0 Å². The molecule has 0 bridgehead atoms. The fraction of sp³-hybridized carbons (Fsp3) is 0.828. The summed E-state index contributed by atoms with van der Waals surface area (Å²) in [4.78, 5) is 13.2. The molecular weight excluding hydrogens is 991 g/mol. The molecule has 14 heteroatoms. The molecule has 2 fully saturated rings. The second-order valence-corrected chi connectivity index (χ2v) is 22.2. The lowest BCUT2D eigenvalue weighted by Crippen LogP contribution is -2.65. The third-order valence-electron chi connectivity index (χ3n) is 15.2. The van der Waals surface area contributed by atoms with Crippen molar-refractivity contribution in [2.45, 2.75) is 319 Å². The first-order valence-electron chi connectivity index (χ1n) is 31.5. The highest BCUT2D eigenvalue weighted by Gasteiger charge is 2.51. The summed E-state index contributed by atoms with van der Waals surface area (Å²) < 4.78 is 22.7. The minimum Gasteiger partial charge on any atom is -0.394 e. The van der Waals surface area contributed by atoms with Crippen LogP contribution in [-0.4, -0.2) is 140 Å². The molecule has 1 amide bonds. The van der Waals surface area contributed by atoms with Crippen molar-refractivity contribution < 1.29 is 64.6 Å². The predicted molar refractivity (Wildman–Crippen MR) is 314 cm³/mol. The highest BCUT2D eigenvalue weighted by Crippen LogP contribution is 2.30. The number of hydrogen-bond donors (Lipinski definition) is 9. The van der Waals surface area contributed by atoms with Crippen molar-refractivity contribution in [1.29, 1.82) is 0 Å². The fourth-order valence-corrected chi connectivity index (χ4v) is 10.0. The van der Waals surface area contributed by atoms with Gasteiger partial charge in [-0.25, -0.2) is 0 Å². The summed E-state index contributed by atoms with van der Waals surface area (Å²) in [7, 11) is 0. The molecule has 78 heavy (non-hydrogen) atoms. The van der Waals surface area contributed by atoms with Crippen molar-refractivity contribution in [1.82, 2.24) is 5.32 Å². The lowest BCUT2D eigenvalue weighted by molar-refractivity contribution is -0.359. The van der Waals surface area contributed by atoms with Crippen LogP contribution < -0.4 is 5.32 Å². The molecule has 2 aliphatic rings. The number of allylic oxidation sites excluding steroid dienone is 9. The molecule has 2 aliphatic heterocycles. The molecule has 14 nitrogen and oxygen atoms in total. The van der Waals surface area contributed by atoms with Gasteiger partial charge in [-0.2, -0.15) is 0 Å². The number of carbonyl (C=O) groups is 1. The Bertz CT molecular complexity index is 1540. The summed E-state index contributed by atoms with van der Waals surface area (Å²) in [6.45, 7) is 2.73. The van der Waals surface area contributed by atoms with Crippen LogP contribution in [0, 0.1) is 0 Å². The first kappa shape index (κ1) is 71.8. The van der Waals surface area contributed by atoms with Crippen LogP contribution in [-0.2, 0) is 23.7 Å². The van der Waals surface area contributed by atoms with Crippen molar-refractivity contribution in [2.24, 2.45) is 0 Å². The van der Waals surface area contributed by atoms with Crippen molar-refractivity contribution in [3.63, 3.8) is 0 Å². The van der Waals surface area contributed by atoms with Gasteiger partial charge in [0, 0.05) is 6.42 Å². The van der Waals surface area contributed by atoms with Gasteiger partial charge in [-0.05, 0) is 70.6 Å². The molecule has 0 radical (unpaired) electrons. The number of rotatable bonds is 50. The number of aliphatic hydroxyl groups is 8. The molecule has 2 saturated heterocycles. The summed E-state index contributed by atoms with van der Waals surface area (Å²) in [6, 6.07) is -0.948. The zero-order valence-electron chi connectivity index (χ0n) is 48.9. The average molecular weight is 1110 g/mol. The number of hydrogen-bond acceptors (Lipinski definition) is 13. The molecule has 0 aromatic heterocycles. The number of carbonyl (C=O) groups excluding carboxylic acids is 1. The van der Waals surface area contributed by atoms with E-state index in [4.69, 9.17) is 18.9 Å². The van der Waals surface area contributed by atoms with Gasteiger partial charge in [-0.1, -0.05) is 229 Å². The third-order valence-corrected chi connectivity index (χ3v) is 15.2. The van der Waals surface area contributed by atoms with E-state index in [1.807, 2.05) is 6.08 Å². The molecule has 0 aromatic rings. The van der Waals surface area contributed by atoms with Crippen molar-refractivity contribution in [3.05, 3.63) is 60.8 Å². The average Bonchev–Trinajstić information content (AvgIpc) is 3.48. The van der Waals surface area contributed by atoms with Gasteiger partial charge in [0.2, 0.25) is 5.91 Å². The maximum absolute atomic E-state index is 13.2. The maximum Gasteiger partial charge on any atom is 0.220 e. The van der Waals surface area contributed by atoms with E-state index < -0.39 is 86.8 Å². The van der Waals surface area contributed by atoms with Gasteiger partial charge < -0.3 is 65.1 Å². The fourth-order valence-electron chi connectivity index (χ4n) is 10.0. The summed E-state index contributed by atoms with van der Waals surface area (Å²) in [5.74, 6) is -0.268. The summed E-state index contributed by atoms with van der Waals surface area (Å²) in [5, 5.41) is 87.0. The molecule has 0 spiro atoms. The van der Waals surface area contributed by atoms with Crippen LogP contribution in [0.3, 0.4) is 0 Å². The molecule has 9 N–H and O–H groups in total. The van der Waals surface area contributed by atoms with Crippen molar-refractivity contribution >= 4 is 5.91 Å².